The fraction of sp³-hybridized carbons (Fsp3) is 0.154. The van der Waals surface area contributed by atoms with Crippen molar-refractivity contribution < 1.29 is 19.1 Å². The summed E-state index contributed by atoms with van der Waals surface area (Å²) in [6.07, 6.45) is -1.05. The first-order valence-electron chi connectivity index (χ1n) is 5.34. The molecule has 0 aliphatic rings. The van der Waals surface area contributed by atoms with Gasteiger partial charge in [0.2, 0.25) is 5.76 Å². The van der Waals surface area contributed by atoms with E-state index in [1.54, 1.807) is 18.2 Å². The molecular formula is C13H10BrClO4. The topological polar surface area (TPSA) is 59.7 Å². The van der Waals surface area contributed by atoms with Gasteiger partial charge in [0.1, 0.15) is 11.9 Å². The largest absolute Gasteiger partial charge is 0.463 e. The molecule has 19 heavy (non-hydrogen) atoms. The average Bonchev–Trinajstić information content (AvgIpc) is 2.90. The van der Waals surface area contributed by atoms with Crippen LogP contribution in [0.25, 0.3) is 0 Å². The minimum absolute atomic E-state index is 0.0302. The van der Waals surface area contributed by atoms with Crippen LogP contribution in [0.2, 0.25) is 5.02 Å². The van der Waals surface area contributed by atoms with Gasteiger partial charge in [0.15, 0.2) is 0 Å². The standard InChI is InChI=1S/C13H10BrClO4/c1-18-13(17)10-6-5-9(19-10)12(16)7-3-2-4-8(14)11(7)15/h2-6,12,16H,1H3. The van der Waals surface area contributed by atoms with Gasteiger partial charge in [-0.05, 0) is 34.1 Å². The SMILES string of the molecule is COC(=O)c1ccc(C(O)c2cccc(Br)c2Cl)o1. The van der Waals surface area contributed by atoms with Crippen LogP contribution in [0.4, 0.5) is 0 Å². The lowest BCUT2D eigenvalue weighted by molar-refractivity contribution is 0.0558. The number of halogens is 2. The van der Waals surface area contributed by atoms with E-state index >= 15 is 0 Å². The van der Waals surface area contributed by atoms with Crippen molar-refractivity contribution in [3.8, 4) is 0 Å². The molecule has 1 aromatic heterocycles. The van der Waals surface area contributed by atoms with Crippen molar-refractivity contribution in [3.05, 3.63) is 56.9 Å². The number of carbonyl (C=O) groups is 1. The second kappa shape index (κ2) is 5.77. The van der Waals surface area contributed by atoms with Gasteiger partial charge in [0, 0.05) is 10.0 Å². The molecule has 1 atom stereocenters. The van der Waals surface area contributed by atoms with Gasteiger partial charge in [-0.2, -0.15) is 0 Å². The maximum absolute atomic E-state index is 11.3. The lowest BCUT2D eigenvalue weighted by atomic mass is 10.1. The van der Waals surface area contributed by atoms with Crippen LogP contribution in [0.1, 0.15) is 28.0 Å². The summed E-state index contributed by atoms with van der Waals surface area (Å²) in [4.78, 5) is 11.3. The molecule has 2 rings (SSSR count). The molecule has 2 aromatic rings. The zero-order chi connectivity index (χ0) is 14.0. The van der Waals surface area contributed by atoms with Crippen molar-refractivity contribution in [3.63, 3.8) is 0 Å². The van der Waals surface area contributed by atoms with Crippen molar-refractivity contribution in [1.82, 2.24) is 0 Å². The molecule has 1 unspecified atom stereocenters. The smallest absolute Gasteiger partial charge is 0.373 e. The maximum atomic E-state index is 11.3. The summed E-state index contributed by atoms with van der Waals surface area (Å²) in [6.45, 7) is 0. The van der Waals surface area contributed by atoms with E-state index in [-0.39, 0.29) is 11.5 Å². The normalized spacial score (nSPS) is 12.2. The summed E-state index contributed by atoms with van der Waals surface area (Å²) in [5, 5.41) is 10.6. The summed E-state index contributed by atoms with van der Waals surface area (Å²) in [6, 6.07) is 8.14. The van der Waals surface area contributed by atoms with Gasteiger partial charge in [-0.1, -0.05) is 23.7 Å². The van der Waals surface area contributed by atoms with E-state index in [1.807, 2.05) is 0 Å². The number of esters is 1. The van der Waals surface area contributed by atoms with Crippen LogP contribution in [-0.2, 0) is 4.74 Å². The molecule has 0 fully saturated rings. The second-order valence-corrected chi connectivity index (χ2v) is 4.97. The summed E-state index contributed by atoms with van der Waals surface area (Å²) in [5.41, 5.74) is 0.488. The molecule has 0 aliphatic heterocycles. The Balaban J connectivity index is 2.34. The van der Waals surface area contributed by atoms with E-state index in [0.29, 0.717) is 15.1 Å². The molecule has 0 radical (unpaired) electrons. The summed E-state index contributed by atoms with van der Waals surface area (Å²) in [7, 11) is 1.26. The molecule has 0 bridgehead atoms. The summed E-state index contributed by atoms with van der Waals surface area (Å²) >= 11 is 9.37. The Bertz CT molecular complexity index is 608. The molecule has 6 heteroatoms. The Morgan fingerprint density at radius 1 is 1.42 bits per heavy atom. The zero-order valence-electron chi connectivity index (χ0n) is 9.89. The number of hydrogen-bond acceptors (Lipinski definition) is 4. The van der Waals surface area contributed by atoms with Gasteiger partial charge < -0.3 is 14.3 Å². The summed E-state index contributed by atoms with van der Waals surface area (Å²) < 4.78 is 10.5. The van der Waals surface area contributed by atoms with Gasteiger partial charge in [-0.25, -0.2) is 4.79 Å². The van der Waals surface area contributed by atoms with E-state index in [1.165, 1.54) is 19.2 Å². The van der Waals surface area contributed by atoms with E-state index in [0.717, 1.165) is 0 Å². The fourth-order valence-corrected chi connectivity index (χ4v) is 2.21. The molecule has 0 amide bonds. The summed E-state index contributed by atoms with van der Waals surface area (Å²) in [5.74, 6) is -0.346. The van der Waals surface area contributed by atoms with E-state index < -0.39 is 12.1 Å². The number of ether oxygens (including phenoxy) is 1. The molecule has 1 aromatic carbocycles. The van der Waals surface area contributed by atoms with E-state index in [4.69, 9.17) is 16.0 Å². The third kappa shape index (κ3) is 2.83. The number of aliphatic hydroxyl groups is 1. The second-order valence-electron chi connectivity index (χ2n) is 3.74. The molecule has 0 aliphatic carbocycles. The molecule has 4 nitrogen and oxygen atoms in total. The van der Waals surface area contributed by atoms with Crippen molar-refractivity contribution in [1.29, 1.82) is 0 Å². The van der Waals surface area contributed by atoms with Crippen molar-refractivity contribution >= 4 is 33.5 Å². The van der Waals surface area contributed by atoms with Crippen LogP contribution < -0.4 is 0 Å². The minimum atomic E-state index is -1.05. The number of aliphatic hydroxyl groups excluding tert-OH is 1. The zero-order valence-corrected chi connectivity index (χ0v) is 12.2. The number of hydrogen-bond donors (Lipinski definition) is 1. The van der Waals surface area contributed by atoms with Crippen molar-refractivity contribution in [2.45, 2.75) is 6.10 Å². The molecule has 1 N–H and O–H groups in total. The maximum Gasteiger partial charge on any atom is 0.373 e. The number of benzene rings is 1. The highest BCUT2D eigenvalue weighted by atomic mass is 79.9. The number of furan rings is 1. The number of rotatable bonds is 3. The Kier molecular flexibility index (Phi) is 4.29. The molecule has 0 spiro atoms. The van der Waals surface area contributed by atoms with Crippen molar-refractivity contribution in [2.75, 3.05) is 7.11 Å². The van der Waals surface area contributed by atoms with Gasteiger partial charge in [0.25, 0.3) is 0 Å². The first-order chi connectivity index (χ1) is 9.04. The molecule has 0 saturated carbocycles. The fourth-order valence-electron chi connectivity index (χ4n) is 1.60. The monoisotopic (exact) mass is 344 g/mol. The molecule has 1 heterocycles. The highest BCUT2D eigenvalue weighted by Crippen LogP contribution is 2.33. The molecular weight excluding hydrogens is 335 g/mol. The van der Waals surface area contributed by atoms with Gasteiger partial charge >= 0.3 is 5.97 Å². The predicted octanol–water partition coefficient (Wildman–Crippen LogP) is 3.56. The Labute approximate surface area is 123 Å². The number of carbonyl (C=O) groups excluding carboxylic acids is 1. The van der Waals surface area contributed by atoms with Crippen LogP contribution in [0.15, 0.2) is 39.2 Å². The van der Waals surface area contributed by atoms with Gasteiger partial charge in [0.05, 0.1) is 12.1 Å². The highest BCUT2D eigenvalue weighted by Gasteiger charge is 2.20. The average molecular weight is 346 g/mol. The molecule has 0 saturated heterocycles. The van der Waals surface area contributed by atoms with Crippen LogP contribution >= 0.6 is 27.5 Å². The lowest BCUT2D eigenvalue weighted by Crippen LogP contribution is -2.01. The lowest BCUT2D eigenvalue weighted by Gasteiger charge is -2.11. The van der Waals surface area contributed by atoms with Crippen LogP contribution in [0, 0.1) is 0 Å². The third-order valence-corrected chi connectivity index (χ3v) is 3.87. The quantitative estimate of drug-likeness (QED) is 0.864. The van der Waals surface area contributed by atoms with Crippen LogP contribution in [-0.4, -0.2) is 18.2 Å². The Morgan fingerprint density at radius 2 is 2.16 bits per heavy atom. The van der Waals surface area contributed by atoms with Gasteiger partial charge in [-0.15, -0.1) is 0 Å². The van der Waals surface area contributed by atoms with Crippen molar-refractivity contribution in [2.24, 2.45) is 0 Å². The number of methoxy groups -OCH3 is 1. The Hall–Kier alpha value is -1.30. The first kappa shape index (κ1) is 14.1. The van der Waals surface area contributed by atoms with E-state index in [2.05, 4.69) is 20.7 Å². The van der Waals surface area contributed by atoms with E-state index in [9.17, 15) is 9.90 Å². The predicted molar refractivity (Wildman–Crippen MR) is 73.3 cm³/mol. The molecule has 100 valence electrons. The third-order valence-electron chi connectivity index (χ3n) is 2.56. The first-order valence-corrected chi connectivity index (χ1v) is 6.51. The minimum Gasteiger partial charge on any atom is -0.463 e. The van der Waals surface area contributed by atoms with Crippen LogP contribution in [0.5, 0.6) is 0 Å². The highest BCUT2D eigenvalue weighted by molar-refractivity contribution is 9.10. The van der Waals surface area contributed by atoms with Crippen LogP contribution in [0.3, 0.4) is 0 Å². The van der Waals surface area contributed by atoms with Gasteiger partial charge in [-0.3, -0.25) is 0 Å². The Morgan fingerprint density at radius 3 is 2.84 bits per heavy atom.